The quantitative estimate of drug-likeness (QED) is 0.444. The molecule has 1 aliphatic heterocycles. The largest absolute Gasteiger partial charge is 0.475 e. The lowest BCUT2D eigenvalue weighted by Crippen LogP contribution is -2.35. The SMILES string of the molecule is COC[C@H]1COc2ncccc2-c2nnc(NS(=O)(=O)[C@@H](C)[C@@H](OC(C)C)c3ncc(Cl)cn3)n21. The fourth-order valence-electron chi connectivity index (χ4n) is 3.66. The smallest absolute Gasteiger partial charge is 0.240 e. The van der Waals surface area contributed by atoms with Gasteiger partial charge in [-0.3, -0.25) is 9.29 Å². The standard InChI is InChI=1S/C21H26ClN7O5S/c1-12(2)34-17(18-24-8-14(22)9-25-18)13(3)35(30,31)28-21-27-26-19-16-6-5-7-23-20(16)33-11-15(10-32-4)29(19)21/h5-9,12-13,15,17H,10-11H2,1-4H3,(H,27,28)/t13-,15-,17+/m0/s1. The molecule has 3 atom stereocenters. The number of anilines is 1. The summed E-state index contributed by atoms with van der Waals surface area (Å²) < 4.78 is 48.3. The number of aromatic nitrogens is 6. The van der Waals surface area contributed by atoms with Crippen LogP contribution in [0.2, 0.25) is 5.02 Å². The first-order valence-electron chi connectivity index (χ1n) is 10.9. The zero-order valence-corrected chi connectivity index (χ0v) is 21.2. The number of fused-ring (bicyclic) bond motifs is 3. The molecule has 0 spiro atoms. The van der Waals surface area contributed by atoms with Crippen molar-refractivity contribution in [2.24, 2.45) is 0 Å². The Morgan fingerprint density at radius 1 is 1.23 bits per heavy atom. The molecule has 3 aromatic heterocycles. The number of pyridine rings is 1. The first-order valence-corrected chi connectivity index (χ1v) is 12.8. The van der Waals surface area contributed by atoms with Gasteiger partial charge in [0, 0.05) is 25.7 Å². The molecule has 4 heterocycles. The molecule has 0 aromatic carbocycles. The van der Waals surface area contributed by atoms with Crippen molar-refractivity contribution in [1.29, 1.82) is 0 Å². The van der Waals surface area contributed by atoms with Crippen LogP contribution in [0.4, 0.5) is 5.95 Å². The van der Waals surface area contributed by atoms with Crippen molar-refractivity contribution < 1.29 is 22.6 Å². The third kappa shape index (κ3) is 5.37. The van der Waals surface area contributed by atoms with E-state index in [1.807, 2.05) is 0 Å². The lowest BCUT2D eigenvalue weighted by molar-refractivity contribution is 0.00154. The molecule has 188 valence electrons. The summed E-state index contributed by atoms with van der Waals surface area (Å²) in [6, 6.07) is 3.11. The fourth-order valence-corrected chi connectivity index (χ4v) is 4.85. The molecule has 0 amide bonds. The highest BCUT2D eigenvalue weighted by Crippen LogP contribution is 2.35. The lowest BCUT2D eigenvalue weighted by atomic mass is 10.2. The van der Waals surface area contributed by atoms with Crippen LogP contribution in [0.1, 0.15) is 38.7 Å². The highest BCUT2D eigenvalue weighted by Gasteiger charge is 2.37. The van der Waals surface area contributed by atoms with E-state index < -0.39 is 27.4 Å². The number of halogens is 1. The molecule has 14 heteroatoms. The average Bonchev–Trinajstić information content (AvgIpc) is 3.15. The molecule has 1 aliphatic rings. The van der Waals surface area contributed by atoms with Crippen LogP contribution in [-0.2, 0) is 19.5 Å². The highest BCUT2D eigenvalue weighted by atomic mass is 35.5. The number of sulfonamides is 1. The summed E-state index contributed by atoms with van der Waals surface area (Å²) in [7, 11) is -2.51. The normalized spacial score (nSPS) is 17.1. The van der Waals surface area contributed by atoms with Crippen molar-refractivity contribution in [2.45, 2.75) is 44.3 Å². The van der Waals surface area contributed by atoms with Crippen molar-refractivity contribution in [3.05, 3.63) is 41.6 Å². The molecule has 0 saturated carbocycles. The van der Waals surface area contributed by atoms with E-state index in [9.17, 15) is 8.42 Å². The molecular formula is C21H26ClN7O5S. The van der Waals surface area contributed by atoms with Gasteiger partial charge in [-0.05, 0) is 32.9 Å². The minimum absolute atomic E-state index is 0.0227. The van der Waals surface area contributed by atoms with E-state index in [1.54, 1.807) is 43.9 Å². The molecule has 35 heavy (non-hydrogen) atoms. The monoisotopic (exact) mass is 523 g/mol. The summed E-state index contributed by atoms with van der Waals surface area (Å²) in [4.78, 5) is 12.6. The van der Waals surface area contributed by atoms with E-state index in [-0.39, 0.29) is 31.1 Å². The second kappa shape index (κ2) is 10.4. The maximum absolute atomic E-state index is 13.5. The summed E-state index contributed by atoms with van der Waals surface area (Å²) in [5.41, 5.74) is 0.590. The van der Waals surface area contributed by atoms with Crippen LogP contribution in [0.3, 0.4) is 0 Å². The van der Waals surface area contributed by atoms with Gasteiger partial charge in [0.1, 0.15) is 18.0 Å². The molecule has 0 saturated heterocycles. The van der Waals surface area contributed by atoms with E-state index in [0.29, 0.717) is 22.3 Å². The number of hydrogen-bond donors (Lipinski definition) is 1. The Labute approximate surface area is 208 Å². The number of ether oxygens (including phenoxy) is 3. The Morgan fingerprint density at radius 3 is 2.66 bits per heavy atom. The summed E-state index contributed by atoms with van der Waals surface area (Å²) in [5, 5.41) is 7.62. The third-order valence-electron chi connectivity index (χ3n) is 5.31. The molecule has 3 aromatic rings. The maximum Gasteiger partial charge on any atom is 0.240 e. The van der Waals surface area contributed by atoms with Crippen LogP contribution in [0.5, 0.6) is 5.88 Å². The van der Waals surface area contributed by atoms with Gasteiger partial charge in [-0.15, -0.1) is 10.2 Å². The van der Waals surface area contributed by atoms with Crippen molar-refractivity contribution in [1.82, 2.24) is 29.7 Å². The second-order valence-corrected chi connectivity index (χ2v) is 10.7. The topological polar surface area (TPSA) is 143 Å². The van der Waals surface area contributed by atoms with E-state index >= 15 is 0 Å². The van der Waals surface area contributed by atoms with Gasteiger partial charge in [-0.25, -0.2) is 23.4 Å². The molecular weight excluding hydrogens is 498 g/mol. The minimum atomic E-state index is -4.06. The Kier molecular flexibility index (Phi) is 7.50. The lowest BCUT2D eigenvalue weighted by Gasteiger charge is -2.26. The van der Waals surface area contributed by atoms with Gasteiger partial charge in [0.2, 0.25) is 21.9 Å². The molecule has 0 radical (unpaired) electrons. The fraction of sp³-hybridized carbons (Fsp3) is 0.476. The van der Waals surface area contributed by atoms with Crippen LogP contribution >= 0.6 is 11.6 Å². The minimum Gasteiger partial charge on any atom is -0.475 e. The third-order valence-corrected chi connectivity index (χ3v) is 7.20. The van der Waals surface area contributed by atoms with Gasteiger partial charge in [-0.1, -0.05) is 11.6 Å². The molecule has 0 aliphatic carbocycles. The Morgan fingerprint density at radius 2 is 1.97 bits per heavy atom. The molecule has 0 fully saturated rings. The Balaban J connectivity index is 1.70. The van der Waals surface area contributed by atoms with E-state index in [1.165, 1.54) is 19.3 Å². The van der Waals surface area contributed by atoms with Crippen LogP contribution in [0, 0.1) is 0 Å². The number of rotatable bonds is 9. The number of hydrogen-bond acceptors (Lipinski definition) is 10. The predicted molar refractivity (Wildman–Crippen MR) is 128 cm³/mol. The Hall–Kier alpha value is -2.87. The summed E-state index contributed by atoms with van der Waals surface area (Å²) in [5.74, 6) is 1.02. The number of nitrogens with zero attached hydrogens (tertiary/aromatic N) is 6. The zero-order valence-electron chi connectivity index (χ0n) is 19.6. The van der Waals surface area contributed by atoms with Crippen LogP contribution in [0.15, 0.2) is 30.7 Å². The number of nitrogens with one attached hydrogen (secondary N) is 1. The van der Waals surface area contributed by atoms with Crippen molar-refractivity contribution >= 4 is 27.6 Å². The van der Waals surface area contributed by atoms with Crippen LogP contribution < -0.4 is 9.46 Å². The van der Waals surface area contributed by atoms with Gasteiger partial charge in [0.05, 0.1) is 29.3 Å². The Bertz CT molecular complexity index is 1270. The summed E-state index contributed by atoms with van der Waals surface area (Å²) in [6.45, 7) is 5.54. The zero-order chi connectivity index (χ0) is 25.2. The van der Waals surface area contributed by atoms with Gasteiger partial charge >= 0.3 is 0 Å². The molecule has 0 unspecified atom stereocenters. The van der Waals surface area contributed by atoms with Crippen LogP contribution in [0.25, 0.3) is 11.4 Å². The molecule has 12 nitrogen and oxygen atoms in total. The van der Waals surface area contributed by atoms with Crippen molar-refractivity contribution in [3.63, 3.8) is 0 Å². The average molecular weight is 524 g/mol. The molecule has 1 N–H and O–H groups in total. The van der Waals surface area contributed by atoms with Gasteiger partial charge in [0.25, 0.3) is 0 Å². The maximum atomic E-state index is 13.5. The van der Waals surface area contributed by atoms with Crippen molar-refractivity contribution in [3.8, 4) is 17.3 Å². The molecule has 4 rings (SSSR count). The first-order chi connectivity index (χ1) is 16.7. The van der Waals surface area contributed by atoms with Crippen molar-refractivity contribution in [2.75, 3.05) is 25.0 Å². The van der Waals surface area contributed by atoms with E-state index in [4.69, 9.17) is 25.8 Å². The predicted octanol–water partition coefficient (Wildman–Crippen LogP) is 2.66. The van der Waals surface area contributed by atoms with Gasteiger partial charge in [0.15, 0.2) is 11.6 Å². The summed E-state index contributed by atoms with van der Waals surface area (Å²) >= 11 is 5.90. The van der Waals surface area contributed by atoms with Gasteiger partial charge in [-0.2, -0.15) is 0 Å². The highest BCUT2D eigenvalue weighted by molar-refractivity contribution is 7.93. The number of methoxy groups -OCH3 is 1. The van der Waals surface area contributed by atoms with E-state index in [0.717, 1.165) is 0 Å². The van der Waals surface area contributed by atoms with Crippen LogP contribution in [-0.4, -0.2) is 69.8 Å². The van der Waals surface area contributed by atoms with Gasteiger partial charge < -0.3 is 14.2 Å². The van der Waals surface area contributed by atoms with E-state index in [2.05, 4.69) is 29.9 Å². The first kappa shape index (κ1) is 25.2. The summed E-state index contributed by atoms with van der Waals surface area (Å²) in [6.07, 6.45) is 3.15. The molecule has 0 bridgehead atoms. The second-order valence-electron chi connectivity index (χ2n) is 8.21.